The van der Waals surface area contributed by atoms with Crippen LogP contribution in [0.1, 0.15) is 38.2 Å². The molecule has 1 aromatic carbocycles. The average molecular weight is 390 g/mol. The third kappa shape index (κ3) is 6.96. The molecule has 7 heteroatoms. The van der Waals surface area contributed by atoms with Gasteiger partial charge in [-0.1, -0.05) is 37.3 Å². The van der Waals surface area contributed by atoms with Crippen LogP contribution in [0, 0.1) is 5.92 Å². The van der Waals surface area contributed by atoms with Gasteiger partial charge in [0.2, 0.25) is 5.91 Å². The van der Waals surface area contributed by atoms with Crippen LogP contribution >= 0.6 is 0 Å². The third-order valence-corrected chi connectivity index (χ3v) is 5.55. The van der Waals surface area contributed by atoms with Crippen LogP contribution in [0.3, 0.4) is 0 Å². The van der Waals surface area contributed by atoms with Crippen molar-refractivity contribution in [3.05, 3.63) is 35.9 Å². The topological polar surface area (TPSA) is 98.2 Å². The maximum Gasteiger partial charge on any atom is 0.414 e. The molecule has 0 aromatic heterocycles. The van der Waals surface area contributed by atoms with Crippen molar-refractivity contribution in [1.82, 2.24) is 9.80 Å². The Morgan fingerprint density at radius 1 is 0.893 bits per heavy atom. The van der Waals surface area contributed by atoms with Crippen LogP contribution in [-0.4, -0.2) is 70.1 Å². The first-order valence-corrected chi connectivity index (χ1v) is 9.88. The lowest BCUT2D eigenvalue weighted by molar-refractivity contribution is -0.159. The number of hydrogen-bond acceptors (Lipinski definition) is 4. The van der Waals surface area contributed by atoms with Gasteiger partial charge in [-0.2, -0.15) is 0 Å². The number of nitrogens with zero attached hydrogens (tertiary/aromatic N) is 2. The molecule has 2 aliphatic rings. The molecule has 1 saturated carbocycles. The predicted molar refractivity (Wildman–Crippen MR) is 105 cm³/mol. The fourth-order valence-electron chi connectivity index (χ4n) is 3.83. The van der Waals surface area contributed by atoms with Gasteiger partial charge in [0, 0.05) is 32.2 Å². The lowest BCUT2D eigenvalue weighted by Gasteiger charge is -2.41. The minimum Gasteiger partial charge on any atom is -0.473 e. The molecule has 0 radical (unpaired) electrons. The summed E-state index contributed by atoms with van der Waals surface area (Å²) in [6, 6.07) is 10.9. The summed E-state index contributed by atoms with van der Waals surface area (Å²) in [6.07, 6.45) is 5.98. The molecular formula is C21H30N2O5. The summed E-state index contributed by atoms with van der Waals surface area (Å²) in [7, 11) is 0. The summed E-state index contributed by atoms with van der Waals surface area (Å²) < 4.78 is 0. The highest BCUT2D eigenvalue weighted by molar-refractivity contribution is 6.27. The van der Waals surface area contributed by atoms with Crippen molar-refractivity contribution in [3.63, 3.8) is 0 Å². The quantitative estimate of drug-likeness (QED) is 0.767. The Labute approximate surface area is 165 Å². The lowest BCUT2D eigenvalue weighted by Crippen LogP contribution is -2.52. The normalized spacial score (nSPS) is 22.7. The summed E-state index contributed by atoms with van der Waals surface area (Å²) in [5.41, 5.74) is 1.12. The van der Waals surface area contributed by atoms with Crippen molar-refractivity contribution in [2.45, 2.75) is 45.1 Å². The van der Waals surface area contributed by atoms with Gasteiger partial charge in [0.05, 0.1) is 6.42 Å². The Morgan fingerprint density at radius 2 is 1.43 bits per heavy atom. The SMILES string of the molecule is CC1CCC(N2CCN(C(=O)Cc3ccccc3)CC2)CC1.O=C(O)C(=O)O. The van der Waals surface area contributed by atoms with E-state index in [0.29, 0.717) is 6.42 Å². The molecule has 0 unspecified atom stereocenters. The Morgan fingerprint density at radius 3 is 1.93 bits per heavy atom. The van der Waals surface area contributed by atoms with Crippen LogP contribution in [0.4, 0.5) is 0 Å². The number of carboxylic acid groups (broad SMARTS) is 2. The lowest BCUT2D eigenvalue weighted by atomic mass is 9.86. The monoisotopic (exact) mass is 390 g/mol. The van der Waals surface area contributed by atoms with Crippen LogP contribution in [0.25, 0.3) is 0 Å². The number of rotatable bonds is 3. The molecule has 1 aromatic rings. The minimum absolute atomic E-state index is 0.281. The van der Waals surface area contributed by atoms with Crippen LogP contribution in [0.2, 0.25) is 0 Å². The number of aliphatic carboxylic acids is 2. The highest BCUT2D eigenvalue weighted by Crippen LogP contribution is 2.27. The number of amides is 1. The summed E-state index contributed by atoms with van der Waals surface area (Å²) in [4.78, 5) is 35.3. The Hall–Kier alpha value is -2.41. The summed E-state index contributed by atoms with van der Waals surface area (Å²) in [5, 5.41) is 14.8. The smallest absolute Gasteiger partial charge is 0.414 e. The molecule has 0 spiro atoms. The van der Waals surface area contributed by atoms with Gasteiger partial charge >= 0.3 is 11.9 Å². The predicted octanol–water partition coefficient (Wildman–Crippen LogP) is 2.11. The van der Waals surface area contributed by atoms with E-state index < -0.39 is 11.9 Å². The van der Waals surface area contributed by atoms with E-state index >= 15 is 0 Å². The zero-order valence-electron chi connectivity index (χ0n) is 16.4. The van der Waals surface area contributed by atoms with Gasteiger partial charge < -0.3 is 15.1 Å². The number of piperazine rings is 1. The largest absolute Gasteiger partial charge is 0.473 e. The van der Waals surface area contributed by atoms with E-state index in [-0.39, 0.29) is 5.91 Å². The first kappa shape index (κ1) is 21.9. The first-order chi connectivity index (χ1) is 13.4. The van der Waals surface area contributed by atoms with Crippen LogP contribution in [0.15, 0.2) is 30.3 Å². The van der Waals surface area contributed by atoms with E-state index in [2.05, 4.69) is 16.7 Å². The van der Waals surface area contributed by atoms with Crippen molar-refractivity contribution in [3.8, 4) is 0 Å². The van der Waals surface area contributed by atoms with Gasteiger partial charge in [0.25, 0.3) is 0 Å². The first-order valence-electron chi connectivity index (χ1n) is 9.88. The molecule has 154 valence electrons. The van der Waals surface area contributed by atoms with E-state index in [1.165, 1.54) is 25.7 Å². The minimum atomic E-state index is -1.82. The highest BCUT2D eigenvalue weighted by Gasteiger charge is 2.28. The fourth-order valence-corrected chi connectivity index (χ4v) is 3.83. The number of hydrogen-bond donors (Lipinski definition) is 2. The van der Waals surface area contributed by atoms with Gasteiger partial charge in [-0.25, -0.2) is 9.59 Å². The zero-order chi connectivity index (χ0) is 20.5. The highest BCUT2D eigenvalue weighted by atomic mass is 16.4. The van der Waals surface area contributed by atoms with Crippen molar-refractivity contribution in [2.75, 3.05) is 26.2 Å². The van der Waals surface area contributed by atoms with E-state index in [4.69, 9.17) is 19.8 Å². The Bertz CT molecular complexity index is 636. The third-order valence-electron chi connectivity index (χ3n) is 5.55. The molecule has 2 fully saturated rings. The van der Waals surface area contributed by atoms with Crippen LogP contribution in [-0.2, 0) is 20.8 Å². The molecule has 7 nitrogen and oxygen atoms in total. The number of carbonyl (C=O) groups excluding carboxylic acids is 1. The molecule has 2 N–H and O–H groups in total. The molecule has 1 heterocycles. The molecule has 28 heavy (non-hydrogen) atoms. The maximum atomic E-state index is 12.4. The second kappa shape index (κ2) is 10.8. The van der Waals surface area contributed by atoms with Crippen molar-refractivity contribution in [1.29, 1.82) is 0 Å². The summed E-state index contributed by atoms with van der Waals surface area (Å²) >= 11 is 0. The molecule has 1 amide bonds. The van der Waals surface area contributed by atoms with E-state index in [9.17, 15) is 4.79 Å². The Balaban J connectivity index is 0.000000409. The average Bonchev–Trinajstić information content (AvgIpc) is 2.70. The van der Waals surface area contributed by atoms with Crippen LogP contribution in [0.5, 0.6) is 0 Å². The number of benzene rings is 1. The molecule has 1 saturated heterocycles. The van der Waals surface area contributed by atoms with Crippen molar-refractivity contribution < 1.29 is 24.6 Å². The van der Waals surface area contributed by atoms with Crippen molar-refractivity contribution in [2.24, 2.45) is 5.92 Å². The van der Waals surface area contributed by atoms with E-state index in [0.717, 1.165) is 43.7 Å². The van der Waals surface area contributed by atoms with Gasteiger partial charge in [-0.15, -0.1) is 0 Å². The molecule has 1 aliphatic carbocycles. The summed E-state index contributed by atoms with van der Waals surface area (Å²) in [6.45, 7) is 6.28. The molecule has 1 aliphatic heterocycles. The van der Waals surface area contributed by atoms with E-state index in [1.807, 2.05) is 30.3 Å². The maximum absolute atomic E-state index is 12.4. The second-order valence-corrected chi connectivity index (χ2v) is 7.60. The number of carboxylic acids is 2. The van der Waals surface area contributed by atoms with Crippen molar-refractivity contribution >= 4 is 17.8 Å². The molecule has 0 atom stereocenters. The van der Waals surface area contributed by atoms with E-state index in [1.54, 1.807) is 0 Å². The molecular weight excluding hydrogens is 360 g/mol. The molecule has 3 rings (SSSR count). The van der Waals surface area contributed by atoms with Gasteiger partial charge in [0.15, 0.2) is 0 Å². The fraction of sp³-hybridized carbons (Fsp3) is 0.571. The standard InChI is InChI=1S/C19H28N2O.C2H2O4/c1-16-7-9-18(10-8-16)20-11-13-21(14-12-20)19(22)15-17-5-3-2-4-6-17;3-1(4)2(5)6/h2-6,16,18H,7-15H2,1H3;(H,3,4)(H,5,6). The summed E-state index contributed by atoms with van der Waals surface area (Å²) in [5.74, 6) is -2.46. The van der Waals surface area contributed by atoms with Crippen LogP contribution < -0.4 is 0 Å². The zero-order valence-corrected chi connectivity index (χ0v) is 16.4. The number of carbonyl (C=O) groups is 3. The van der Waals surface area contributed by atoms with Gasteiger partial charge in [-0.05, 0) is 37.2 Å². The Kier molecular flexibility index (Phi) is 8.44. The van der Waals surface area contributed by atoms with Gasteiger partial charge in [-0.3, -0.25) is 9.69 Å². The van der Waals surface area contributed by atoms with Gasteiger partial charge in [0.1, 0.15) is 0 Å². The molecule has 0 bridgehead atoms. The second-order valence-electron chi connectivity index (χ2n) is 7.60.